The van der Waals surface area contributed by atoms with Crippen molar-refractivity contribution in [1.82, 2.24) is 0 Å². The Balaban J connectivity index is 1.61. The summed E-state index contributed by atoms with van der Waals surface area (Å²) in [6.45, 7) is 0. The molecule has 3 rings (SSSR count). The third-order valence-corrected chi connectivity index (χ3v) is 6.23. The van der Waals surface area contributed by atoms with Crippen molar-refractivity contribution in [3.63, 3.8) is 0 Å². The molecule has 5 nitrogen and oxygen atoms in total. The zero-order valence-corrected chi connectivity index (χ0v) is 17.6. The van der Waals surface area contributed by atoms with E-state index in [0.29, 0.717) is 27.8 Å². The van der Waals surface area contributed by atoms with E-state index in [1.54, 1.807) is 30.3 Å². The molecule has 8 heteroatoms. The van der Waals surface area contributed by atoms with Crippen LogP contribution in [0.5, 0.6) is 0 Å². The molecule has 29 heavy (non-hydrogen) atoms. The minimum Gasteiger partial charge on any atom is -0.326 e. The van der Waals surface area contributed by atoms with Gasteiger partial charge in [-0.05, 0) is 54.4 Å². The van der Waals surface area contributed by atoms with E-state index < -0.39 is 10.0 Å². The molecular weight excluding hydrogens is 431 g/mol. The number of aryl methyl sites for hydroxylation is 1. The predicted molar refractivity (Wildman–Crippen MR) is 117 cm³/mol. The van der Waals surface area contributed by atoms with E-state index >= 15 is 0 Å². The Labute approximate surface area is 179 Å². The van der Waals surface area contributed by atoms with Crippen molar-refractivity contribution in [2.24, 2.45) is 0 Å². The van der Waals surface area contributed by atoms with Gasteiger partial charge in [0.2, 0.25) is 5.91 Å². The molecule has 150 valence electrons. The summed E-state index contributed by atoms with van der Waals surface area (Å²) in [5.74, 6) is -0.185. The van der Waals surface area contributed by atoms with E-state index in [2.05, 4.69) is 10.0 Å². The Morgan fingerprint density at radius 1 is 0.828 bits per heavy atom. The third-order valence-electron chi connectivity index (χ3n) is 4.15. The summed E-state index contributed by atoms with van der Waals surface area (Å²) in [7, 11) is -3.79. The van der Waals surface area contributed by atoms with Crippen LogP contribution in [-0.2, 0) is 21.2 Å². The van der Waals surface area contributed by atoms with Gasteiger partial charge in [0.05, 0.1) is 15.6 Å². The normalized spacial score (nSPS) is 11.1. The molecule has 0 fully saturated rings. The quantitative estimate of drug-likeness (QED) is 0.510. The average Bonchev–Trinajstić information content (AvgIpc) is 2.69. The molecule has 0 radical (unpaired) electrons. The molecule has 0 spiro atoms. The van der Waals surface area contributed by atoms with E-state index in [0.717, 1.165) is 5.56 Å². The molecule has 3 aromatic carbocycles. The lowest BCUT2D eigenvalue weighted by molar-refractivity contribution is -0.116. The van der Waals surface area contributed by atoms with E-state index in [9.17, 15) is 13.2 Å². The van der Waals surface area contributed by atoms with Crippen LogP contribution in [0.4, 0.5) is 11.4 Å². The molecule has 0 aliphatic heterocycles. The van der Waals surface area contributed by atoms with Crippen molar-refractivity contribution >= 4 is 50.5 Å². The Morgan fingerprint density at radius 2 is 1.45 bits per heavy atom. The zero-order valence-electron chi connectivity index (χ0n) is 15.2. The molecule has 0 aliphatic rings. The maximum atomic E-state index is 12.5. The summed E-state index contributed by atoms with van der Waals surface area (Å²) in [6.07, 6.45) is 0.775. The molecule has 2 N–H and O–H groups in total. The number of amides is 1. The summed E-state index contributed by atoms with van der Waals surface area (Å²) in [6, 6.07) is 19.8. The van der Waals surface area contributed by atoms with Crippen LogP contribution in [0.2, 0.25) is 10.0 Å². The summed E-state index contributed by atoms with van der Waals surface area (Å²) in [5, 5.41) is 3.68. The first-order chi connectivity index (χ1) is 13.8. The van der Waals surface area contributed by atoms with Crippen molar-refractivity contribution in [3.8, 4) is 0 Å². The maximum Gasteiger partial charge on any atom is 0.261 e. The van der Waals surface area contributed by atoms with Gasteiger partial charge in [0.1, 0.15) is 0 Å². The van der Waals surface area contributed by atoms with Gasteiger partial charge in [0, 0.05) is 17.1 Å². The molecule has 0 bridgehead atoms. The number of rotatable bonds is 7. The van der Waals surface area contributed by atoms with Crippen molar-refractivity contribution in [3.05, 3.63) is 88.4 Å². The number of nitrogens with one attached hydrogen (secondary N) is 2. The topological polar surface area (TPSA) is 75.3 Å². The van der Waals surface area contributed by atoms with Crippen molar-refractivity contribution in [1.29, 1.82) is 0 Å². The number of hydrogen-bond donors (Lipinski definition) is 2. The van der Waals surface area contributed by atoms with Gasteiger partial charge in [-0.3, -0.25) is 9.52 Å². The fourth-order valence-corrected chi connectivity index (χ4v) is 4.19. The number of carbonyl (C=O) groups excluding carboxylic acids is 1. The SMILES string of the molecule is O=C(CCc1ccccc1Cl)Nc1ccc(S(=O)(=O)Nc2ccccc2Cl)cc1. The number of hydrogen-bond acceptors (Lipinski definition) is 3. The standard InChI is InChI=1S/C21H18Cl2N2O3S/c22-18-6-2-1-5-15(18)9-14-21(26)24-16-10-12-17(13-11-16)29(27,28)25-20-8-4-3-7-19(20)23/h1-8,10-13,25H,9,14H2,(H,24,26). The van der Waals surface area contributed by atoms with Gasteiger partial charge >= 0.3 is 0 Å². The van der Waals surface area contributed by atoms with Crippen LogP contribution in [0.3, 0.4) is 0 Å². The minimum absolute atomic E-state index is 0.0616. The summed E-state index contributed by atoms with van der Waals surface area (Å²) >= 11 is 12.1. The first kappa shape index (κ1) is 21.2. The number of benzene rings is 3. The van der Waals surface area contributed by atoms with Crippen LogP contribution in [0.25, 0.3) is 0 Å². The molecule has 1 amide bonds. The van der Waals surface area contributed by atoms with Crippen molar-refractivity contribution in [2.75, 3.05) is 10.0 Å². The van der Waals surface area contributed by atoms with Crippen LogP contribution in [0.15, 0.2) is 77.7 Å². The zero-order chi connectivity index (χ0) is 20.9. The molecule has 0 saturated carbocycles. The smallest absolute Gasteiger partial charge is 0.261 e. The van der Waals surface area contributed by atoms with Gasteiger partial charge in [-0.1, -0.05) is 53.5 Å². The Morgan fingerprint density at radius 3 is 2.10 bits per heavy atom. The largest absolute Gasteiger partial charge is 0.326 e. The second-order valence-corrected chi connectivity index (χ2v) is 8.75. The van der Waals surface area contributed by atoms with Gasteiger partial charge in [-0.25, -0.2) is 8.42 Å². The number of carbonyl (C=O) groups is 1. The summed E-state index contributed by atoms with van der Waals surface area (Å²) in [5.41, 5.74) is 1.70. The van der Waals surface area contributed by atoms with Gasteiger partial charge in [-0.15, -0.1) is 0 Å². The molecule has 0 atom stereocenters. The Kier molecular flexibility index (Phi) is 6.79. The van der Waals surface area contributed by atoms with E-state index in [1.807, 2.05) is 18.2 Å². The summed E-state index contributed by atoms with van der Waals surface area (Å²) < 4.78 is 27.5. The predicted octanol–water partition coefficient (Wildman–Crippen LogP) is 5.37. The maximum absolute atomic E-state index is 12.5. The number of para-hydroxylation sites is 1. The summed E-state index contributed by atoms with van der Waals surface area (Å²) in [4.78, 5) is 12.2. The van der Waals surface area contributed by atoms with Crippen LogP contribution in [-0.4, -0.2) is 14.3 Å². The molecule has 0 saturated heterocycles. The molecule has 0 aromatic heterocycles. The average molecular weight is 449 g/mol. The highest BCUT2D eigenvalue weighted by atomic mass is 35.5. The fraction of sp³-hybridized carbons (Fsp3) is 0.0952. The third kappa shape index (κ3) is 5.73. The van der Waals surface area contributed by atoms with Gasteiger partial charge in [-0.2, -0.15) is 0 Å². The molecule has 0 heterocycles. The first-order valence-corrected chi connectivity index (χ1v) is 11.0. The first-order valence-electron chi connectivity index (χ1n) is 8.76. The molecular formula is C21H18Cl2N2O3S. The van der Waals surface area contributed by atoms with Crippen LogP contribution in [0.1, 0.15) is 12.0 Å². The van der Waals surface area contributed by atoms with E-state index in [1.165, 1.54) is 24.3 Å². The van der Waals surface area contributed by atoms with Crippen molar-refractivity contribution < 1.29 is 13.2 Å². The lowest BCUT2D eigenvalue weighted by Gasteiger charge is -2.10. The second kappa shape index (κ2) is 9.31. The van der Waals surface area contributed by atoms with E-state index in [-0.39, 0.29) is 17.2 Å². The number of halogens is 2. The van der Waals surface area contributed by atoms with Crippen molar-refractivity contribution in [2.45, 2.75) is 17.7 Å². The molecule has 0 aliphatic carbocycles. The monoisotopic (exact) mass is 448 g/mol. The lowest BCUT2D eigenvalue weighted by atomic mass is 10.1. The van der Waals surface area contributed by atoms with Crippen LogP contribution >= 0.6 is 23.2 Å². The second-order valence-electron chi connectivity index (χ2n) is 6.25. The van der Waals surface area contributed by atoms with Gasteiger partial charge in [0.25, 0.3) is 10.0 Å². The minimum atomic E-state index is -3.79. The highest BCUT2D eigenvalue weighted by Gasteiger charge is 2.15. The fourth-order valence-electron chi connectivity index (χ4n) is 2.64. The Bertz CT molecular complexity index is 1120. The molecule has 0 unspecified atom stereocenters. The highest BCUT2D eigenvalue weighted by Crippen LogP contribution is 2.24. The highest BCUT2D eigenvalue weighted by molar-refractivity contribution is 7.92. The number of anilines is 2. The van der Waals surface area contributed by atoms with Crippen LogP contribution < -0.4 is 10.0 Å². The number of sulfonamides is 1. The van der Waals surface area contributed by atoms with Gasteiger partial charge < -0.3 is 5.32 Å². The van der Waals surface area contributed by atoms with Gasteiger partial charge in [0.15, 0.2) is 0 Å². The molecule has 3 aromatic rings. The Hall–Kier alpha value is -2.54. The van der Waals surface area contributed by atoms with E-state index in [4.69, 9.17) is 23.2 Å². The lowest BCUT2D eigenvalue weighted by Crippen LogP contribution is -2.14. The van der Waals surface area contributed by atoms with Crippen LogP contribution in [0, 0.1) is 0 Å².